The molecule has 0 bridgehead atoms. The van der Waals surface area contributed by atoms with Gasteiger partial charge in [-0.2, -0.15) is 0 Å². The average molecular weight is 264 g/mol. The zero-order chi connectivity index (χ0) is 14.4. The molecular weight excluding hydrogens is 236 g/mol. The van der Waals surface area contributed by atoms with E-state index >= 15 is 0 Å². The largest absolute Gasteiger partial charge is 0.358 e. The van der Waals surface area contributed by atoms with Gasteiger partial charge in [-0.25, -0.2) is 4.98 Å². The molecule has 0 unspecified atom stereocenters. The van der Waals surface area contributed by atoms with Crippen LogP contribution in [0.4, 0.5) is 5.82 Å². The van der Waals surface area contributed by atoms with Gasteiger partial charge in [-0.15, -0.1) is 0 Å². The van der Waals surface area contributed by atoms with Crippen molar-refractivity contribution in [2.75, 3.05) is 39.1 Å². The zero-order valence-electron chi connectivity index (χ0n) is 13.2. The van der Waals surface area contributed by atoms with Gasteiger partial charge >= 0.3 is 0 Å². The third-order valence-corrected chi connectivity index (χ3v) is 2.99. The number of hydrogen-bond donors (Lipinski definition) is 1. The second-order valence-electron chi connectivity index (χ2n) is 5.74. The molecule has 1 heterocycles. The molecule has 0 fully saturated rings. The van der Waals surface area contributed by atoms with E-state index in [0.717, 1.165) is 31.1 Å². The Hall–Kier alpha value is -1.13. The second kappa shape index (κ2) is 7.46. The van der Waals surface area contributed by atoms with Gasteiger partial charge in [0.05, 0.1) is 0 Å². The van der Waals surface area contributed by atoms with Crippen molar-refractivity contribution in [3.63, 3.8) is 0 Å². The lowest BCUT2D eigenvalue weighted by Crippen LogP contribution is -2.29. The van der Waals surface area contributed by atoms with Crippen molar-refractivity contribution >= 4 is 5.82 Å². The molecule has 1 rings (SSSR count). The monoisotopic (exact) mass is 264 g/mol. The van der Waals surface area contributed by atoms with Gasteiger partial charge in [0.25, 0.3) is 0 Å². The van der Waals surface area contributed by atoms with E-state index in [1.807, 2.05) is 0 Å². The third-order valence-electron chi connectivity index (χ3n) is 2.99. The molecule has 19 heavy (non-hydrogen) atoms. The zero-order valence-corrected chi connectivity index (χ0v) is 13.2. The van der Waals surface area contributed by atoms with Crippen LogP contribution in [0.1, 0.15) is 25.1 Å². The van der Waals surface area contributed by atoms with Crippen LogP contribution in [0, 0.1) is 6.92 Å². The fourth-order valence-corrected chi connectivity index (χ4v) is 1.81. The first-order valence-corrected chi connectivity index (χ1v) is 6.95. The topological polar surface area (TPSA) is 31.4 Å². The van der Waals surface area contributed by atoms with Crippen LogP contribution in [-0.4, -0.2) is 50.2 Å². The summed E-state index contributed by atoms with van der Waals surface area (Å²) in [5.41, 5.74) is 2.38. The summed E-state index contributed by atoms with van der Waals surface area (Å²) in [6.07, 6.45) is 0. The molecule has 0 aliphatic rings. The number of likely N-dealkylation sites (N-methyl/N-ethyl adjacent to an activating group) is 2. The smallest absolute Gasteiger partial charge is 0.128 e. The SMILES string of the molecule is Cc1cc(CNC(C)C)cc(N(C)CCN(C)C)n1. The highest BCUT2D eigenvalue weighted by Gasteiger charge is 2.06. The van der Waals surface area contributed by atoms with Crippen LogP contribution in [-0.2, 0) is 6.54 Å². The van der Waals surface area contributed by atoms with Gasteiger partial charge in [-0.3, -0.25) is 0 Å². The highest BCUT2D eigenvalue weighted by atomic mass is 15.2. The predicted molar refractivity (Wildman–Crippen MR) is 82.8 cm³/mol. The van der Waals surface area contributed by atoms with Crippen molar-refractivity contribution in [2.45, 2.75) is 33.4 Å². The summed E-state index contributed by atoms with van der Waals surface area (Å²) < 4.78 is 0. The fourth-order valence-electron chi connectivity index (χ4n) is 1.81. The van der Waals surface area contributed by atoms with E-state index in [2.05, 4.69) is 74.1 Å². The number of hydrogen-bond acceptors (Lipinski definition) is 4. The number of rotatable bonds is 7. The highest BCUT2D eigenvalue weighted by Crippen LogP contribution is 2.13. The summed E-state index contributed by atoms with van der Waals surface area (Å²) in [6.45, 7) is 9.31. The van der Waals surface area contributed by atoms with Crippen LogP contribution in [0.3, 0.4) is 0 Å². The summed E-state index contributed by atoms with van der Waals surface area (Å²) >= 11 is 0. The standard InChI is InChI=1S/C15H28N4/c1-12(2)16-11-14-9-13(3)17-15(10-14)19(6)8-7-18(4)5/h9-10,12,16H,7-8,11H2,1-6H3. The van der Waals surface area contributed by atoms with Gasteiger partial charge in [0.1, 0.15) is 5.82 Å². The van der Waals surface area contributed by atoms with Crippen molar-refractivity contribution in [3.8, 4) is 0 Å². The minimum atomic E-state index is 0.503. The van der Waals surface area contributed by atoms with Crippen LogP contribution < -0.4 is 10.2 Å². The van der Waals surface area contributed by atoms with Crippen LogP contribution in [0.25, 0.3) is 0 Å². The summed E-state index contributed by atoms with van der Waals surface area (Å²) in [4.78, 5) is 9.02. The van der Waals surface area contributed by atoms with E-state index in [-0.39, 0.29) is 0 Å². The minimum Gasteiger partial charge on any atom is -0.358 e. The van der Waals surface area contributed by atoms with E-state index in [1.165, 1.54) is 5.56 Å². The average Bonchev–Trinajstić information content (AvgIpc) is 2.32. The van der Waals surface area contributed by atoms with E-state index in [1.54, 1.807) is 0 Å². The van der Waals surface area contributed by atoms with Crippen molar-refractivity contribution in [2.24, 2.45) is 0 Å². The molecule has 0 aliphatic carbocycles. The Morgan fingerprint density at radius 3 is 2.42 bits per heavy atom. The number of pyridine rings is 1. The fraction of sp³-hybridized carbons (Fsp3) is 0.667. The Kier molecular flexibility index (Phi) is 6.25. The van der Waals surface area contributed by atoms with E-state index in [0.29, 0.717) is 6.04 Å². The highest BCUT2D eigenvalue weighted by molar-refractivity contribution is 5.41. The molecule has 108 valence electrons. The Balaban J connectivity index is 2.72. The lowest BCUT2D eigenvalue weighted by atomic mass is 10.2. The molecule has 1 aromatic heterocycles. The molecule has 0 spiro atoms. The molecule has 1 aromatic rings. The molecule has 4 heteroatoms. The van der Waals surface area contributed by atoms with Crippen LogP contribution in [0.15, 0.2) is 12.1 Å². The molecule has 0 amide bonds. The Morgan fingerprint density at radius 1 is 1.16 bits per heavy atom. The van der Waals surface area contributed by atoms with Crippen molar-refractivity contribution in [1.82, 2.24) is 15.2 Å². The maximum Gasteiger partial charge on any atom is 0.128 e. The van der Waals surface area contributed by atoms with Crippen molar-refractivity contribution in [1.29, 1.82) is 0 Å². The lowest BCUT2D eigenvalue weighted by Gasteiger charge is -2.21. The third kappa shape index (κ3) is 6.03. The molecule has 0 atom stereocenters. The predicted octanol–water partition coefficient (Wildman–Crippen LogP) is 1.89. The molecular formula is C15H28N4. The molecule has 4 nitrogen and oxygen atoms in total. The summed E-state index contributed by atoms with van der Waals surface area (Å²) in [6, 6.07) is 4.83. The van der Waals surface area contributed by atoms with Crippen molar-refractivity contribution < 1.29 is 0 Å². The quantitative estimate of drug-likeness (QED) is 0.815. The lowest BCUT2D eigenvalue weighted by molar-refractivity contribution is 0.416. The Bertz CT molecular complexity index is 388. The molecule has 1 N–H and O–H groups in total. The van der Waals surface area contributed by atoms with Gasteiger partial charge < -0.3 is 15.1 Å². The molecule has 0 saturated heterocycles. The number of aryl methyl sites for hydroxylation is 1. The molecule has 0 aliphatic heterocycles. The van der Waals surface area contributed by atoms with E-state index in [4.69, 9.17) is 0 Å². The van der Waals surface area contributed by atoms with Crippen LogP contribution in [0.2, 0.25) is 0 Å². The van der Waals surface area contributed by atoms with Crippen LogP contribution >= 0.6 is 0 Å². The number of nitrogens with zero attached hydrogens (tertiary/aromatic N) is 3. The maximum absolute atomic E-state index is 4.62. The van der Waals surface area contributed by atoms with Gasteiger partial charge in [0.15, 0.2) is 0 Å². The first-order chi connectivity index (χ1) is 8.88. The number of anilines is 1. The van der Waals surface area contributed by atoms with Crippen molar-refractivity contribution in [3.05, 3.63) is 23.4 Å². The Morgan fingerprint density at radius 2 is 1.84 bits per heavy atom. The van der Waals surface area contributed by atoms with Crippen LogP contribution in [0.5, 0.6) is 0 Å². The molecule has 0 saturated carbocycles. The first kappa shape index (κ1) is 15.9. The molecule has 0 aromatic carbocycles. The normalized spacial score (nSPS) is 11.4. The van der Waals surface area contributed by atoms with Gasteiger partial charge in [-0.05, 0) is 38.7 Å². The van der Waals surface area contributed by atoms with Gasteiger partial charge in [0, 0.05) is 38.4 Å². The summed E-state index contributed by atoms with van der Waals surface area (Å²) in [5, 5.41) is 3.45. The second-order valence-corrected chi connectivity index (χ2v) is 5.74. The first-order valence-electron chi connectivity index (χ1n) is 6.95. The van der Waals surface area contributed by atoms with Gasteiger partial charge in [0.2, 0.25) is 0 Å². The number of aromatic nitrogens is 1. The minimum absolute atomic E-state index is 0.503. The summed E-state index contributed by atoms with van der Waals surface area (Å²) in [5.74, 6) is 1.06. The molecule has 0 radical (unpaired) electrons. The maximum atomic E-state index is 4.62. The number of nitrogens with one attached hydrogen (secondary N) is 1. The van der Waals surface area contributed by atoms with E-state index in [9.17, 15) is 0 Å². The summed E-state index contributed by atoms with van der Waals surface area (Å²) in [7, 11) is 6.29. The van der Waals surface area contributed by atoms with E-state index < -0.39 is 0 Å². The van der Waals surface area contributed by atoms with Gasteiger partial charge in [-0.1, -0.05) is 13.8 Å². The Labute approximate surface area is 117 Å².